The fourth-order valence-electron chi connectivity index (χ4n) is 4.26. The van der Waals surface area contributed by atoms with Crippen molar-refractivity contribution in [2.45, 2.75) is 13.5 Å². The van der Waals surface area contributed by atoms with E-state index >= 15 is 0 Å². The van der Waals surface area contributed by atoms with Crippen LogP contribution < -0.4 is 15.5 Å². The quantitative estimate of drug-likeness (QED) is 0.316. The molecule has 1 aliphatic rings. The molecule has 0 saturated carbocycles. The Morgan fingerprint density at radius 2 is 1.68 bits per heavy atom. The van der Waals surface area contributed by atoms with Crippen LogP contribution in [-0.2, 0) is 20.9 Å². The summed E-state index contributed by atoms with van der Waals surface area (Å²) in [6.45, 7) is 1.70. The van der Waals surface area contributed by atoms with Gasteiger partial charge in [0.05, 0.1) is 5.69 Å². The molecule has 0 bridgehead atoms. The van der Waals surface area contributed by atoms with Gasteiger partial charge in [-0.2, -0.15) is 0 Å². The number of hydrogen-bond donors (Lipinski definition) is 2. The molecule has 4 aromatic rings. The first-order valence-electron chi connectivity index (χ1n) is 11.4. The van der Waals surface area contributed by atoms with E-state index in [9.17, 15) is 23.6 Å². The molecule has 37 heavy (non-hydrogen) atoms. The van der Waals surface area contributed by atoms with Gasteiger partial charge in [-0.05, 0) is 55.0 Å². The normalized spacial score (nSPS) is 14.8. The molecule has 1 aromatic heterocycles. The van der Waals surface area contributed by atoms with E-state index in [1.807, 2.05) is 18.2 Å². The third-order valence-corrected chi connectivity index (χ3v) is 6.02. The number of urea groups is 1. The van der Waals surface area contributed by atoms with Crippen molar-refractivity contribution in [2.75, 3.05) is 10.2 Å². The first-order valence-corrected chi connectivity index (χ1v) is 11.4. The summed E-state index contributed by atoms with van der Waals surface area (Å²) in [5, 5.41) is 5.66. The maximum absolute atomic E-state index is 13.3. The van der Waals surface area contributed by atoms with Crippen LogP contribution in [0.25, 0.3) is 17.0 Å². The molecule has 184 valence electrons. The number of halogens is 1. The number of nitrogens with one attached hydrogen (secondary N) is 2. The molecule has 0 spiro atoms. The minimum absolute atomic E-state index is 0.0605. The maximum Gasteiger partial charge on any atom is 0.335 e. The van der Waals surface area contributed by atoms with Gasteiger partial charge in [-0.15, -0.1) is 0 Å². The summed E-state index contributed by atoms with van der Waals surface area (Å²) in [5.74, 6) is -2.29. The topological polar surface area (TPSA) is 101 Å². The van der Waals surface area contributed by atoms with Crippen LogP contribution in [0.2, 0.25) is 0 Å². The molecule has 1 saturated heterocycles. The number of amides is 5. The number of carbonyl (C=O) groups is 4. The maximum atomic E-state index is 13.3. The van der Waals surface area contributed by atoms with Gasteiger partial charge in [0.25, 0.3) is 11.8 Å². The van der Waals surface area contributed by atoms with Crippen LogP contribution in [0.1, 0.15) is 11.1 Å². The molecule has 8 nitrogen and oxygen atoms in total. The monoisotopic (exact) mass is 496 g/mol. The molecule has 0 atom stereocenters. The molecule has 1 aliphatic heterocycles. The van der Waals surface area contributed by atoms with Gasteiger partial charge < -0.3 is 9.88 Å². The van der Waals surface area contributed by atoms with E-state index in [1.165, 1.54) is 30.3 Å². The minimum Gasteiger partial charge on any atom is -0.337 e. The van der Waals surface area contributed by atoms with E-state index in [0.29, 0.717) is 33.4 Å². The number of imide groups is 2. The summed E-state index contributed by atoms with van der Waals surface area (Å²) < 4.78 is 14.9. The molecule has 3 aromatic carbocycles. The van der Waals surface area contributed by atoms with Crippen molar-refractivity contribution in [1.29, 1.82) is 0 Å². The highest BCUT2D eigenvalue weighted by Crippen LogP contribution is 2.28. The summed E-state index contributed by atoms with van der Waals surface area (Å²) >= 11 is 0. The number of nitrogens with zero attached hydrogens (tertiary/aromatic N) is 2. The second kappa shape index (κ2) is 9.54. The van der Waals surface area contributed by atoms with Crippen molar-refractivity contribution in [1.82, 2.24) is 9.88 Å². The Hall–Kier alpha value is -5.05. The van der Waals surface area contributed by atoms with Crippen LogP contribution >= 0.6 is 0 Å². The van der Waals surface area contributed by atoms with E-state index in [1.54, 1.807) is 48.0 Å². The van der Waals surface area contributed by atoms with Crippen LogP contribution in [0.3, 0.4) is 0 Å². The van der Waals surface area contributed by atoms with E-state index in [-0.39, 0.29) is 18.0 Å². The van der Waals surface area contributed by atoms with Crippen LogP contribution in [0.4, 0.5) is 20.6 Å². The van der Waals surface area contributed by atoms with E-state index in [4.69, 9.17) is 0 Å². The summed E-state index contributed by atoms with van der Waals surface area (Å²) in [6.07, 6.45) is 3.09. The number of anilines is 2. The summed E-state index contributed by atoms with van der Waals surface area (Å²) in [6, 6.07) is 18.7. The zero-order valence-corrected chi connectivity index (χ0v) is 19.7. The number of para-hydroxylation sites is 2. The third kappa shape index (κ3) is 4.62. The Bertz CT molecular complexity index is 1600. The van der Waals surface area contributed by atoms with Gasteiger partial charge in [0, 0.05) is 28.4 Å². The first-order chi connectivity index (χ1) is 17.8. The third-order valence-electron chi connectivity index (χ3n) is 6.02. The van der Waals surface area contributed by atoms with Crippen molar-refractivity contribution in [2.24, 2.45) is 0 Å². The Kier molecular flexibility index (Phi) is 6.10. The minimum atomic E-state index is -0.818. The second-order valence-electron chi connectivity index (χ2n) is 8.53. The smallest absolute Gasteiger partial charge is 0.335 e. The molecule has 5 amide bonds. The zero-order chi connectivity index (χ0) is 26.1. The molecule has 0 aliphatic carbocycles. The van der Waals surface area contributed by atoms with Crippen LogP contribution in [0, 0.1) is 12.7 Å². The Morgan fingerprint density at radius 1 is 0.973 bits per heavy atom. The van der Waals surface area contributed by atoms with Gasteiger partial charge in [-0.1, -0.05) is 36.4 Å². The van der Waals surface area contributed by atoms with E-state index in [2.05, 4.69) is 10.6 Å². The van der Waals surface area contributed by atoms with E-state index < -0.39 is 23.7 Å². The SMILES string of the molecule is Cc1ccccc1N1C(=O)NC(=O)/C(=C\c2cn(CC(=O)Nc3ccc(F)cc3)c3ccccc23)C1=O. The van der Waals surface area contributed by atoms with Crippen molar-refractivity contribution >= 4 is 52.1 Å². The number of fused-ring (bicyclic) bond motifs is 1. The van der Waals surface area contributed by atoms with Gasteiger partial charge >= 0.3 is 6.03 Å². The molecule has 9 heteroatoms. The zero-order valence-electron chi connectivity index (χ0n) is 19.7. The second-order valence-corrected chi connectivity index (χ2v) is 8.53. The number of aromatic nitrogens is 1. The number of carbonyl (C=O) groups excluding carboxylic acids is 4. The van der Waals surface area contributed by atoms with Crippen molar-refractivity contribution in [3.8, 4) is 0 Å². The van der Waals surface area contributed by atoms with E-state index in [0.717, 1.165) is 4.90 Å². The predicted molar refractivity (Wildman–Crippen MR) is 137 cm³/mol. The largest absolute Gasteiger partial charge is 0.337 e. The molecule has 1 fully saturated rings. The fraction of sp³-hybridized carbons (Fsp3) is 0.0714. The van der Waals surface area contributed by atoms with Crippen LogP contribution in [0.5, 0.6) is 0 Å². The molecule has 2 N–H and O–H groups in total. The first kappa shape index (κ1) is 23.7. The van der Waals surface area contributed by atoms with Gasteiger partial charge in [-0.3, -0.25) is 19.7 Å². The molecular formula is C28H21FN4O4. The Balaban J connectivity index is 1.49. The van der Waals surface area contributed by atoms with Crippen molar-refractivity contribution in [3.63, 3.8) is 0 Å². The predicted octanol–water partition coefficient (Wildman–Crippen LogP) is 4.39. The standard InChI is InChI=1S/C28H21FN4O4/c1-17-6-2-4-8-23(17)33-27(36)22(26(35)31-28(33)37)14-18-15-32(24-9-5-3-7-21(18)24)16-25(34)30-20-12-10-19(29)11-13-20/h2-15H,16H2,1H3,(H,30,34)(H,31,35,37)/b22-14+. The molecule has 2 heterocycles. The summed E-state index contributed by atoms with van der Waals surface area (Å²) in [4.78, 5) is 52.2. The molecule has 5 rings (SSSR count). The Labute approximate surface area is 211 Å². The summed E-state index contributed by atoms with van der Waals surface area (Å²) in [5.41, 5.74) is 2.56. The van der Waals surface area contributed by atoms with Gasteiger partial charge in [-0.25, -0.2) is 14.1 Å². The number of benzene rings is 3. The summed E-state index contributed by atoms with van der Waals surface area (Å²) in [7, 11) is 0. The average Bonchev–Trinajstić information content (AvgIpc) is 3.21. The number of aryl methyl sites for hydroxylation is 1. The lowest BCUT2D eigenvalue weighted by Gasteiger charge is -2.27. The highest BCUT2D eigenvalue weighted by Gasteiger charge is 2.37. The molecule has 0 radical (unpaired) electrons. The number of hydrogen-bond acceptors (Lipinski definition) is 4. The Morgan fingerprint density at radius 3 is 2.43 bits per heavy atom. The highest BCUT2D eigenvalue weighted by molar-refractivity contribution is 6.39. The number of barbiturate groups is 1. The lowest BCUT2D eigenvalue weighted by atomic mass is 10.1. The highest BCUT2D eigenvalue weighted by atomic mass is 19.1. The molecule has 0 unspecified atom stereocenters. The lowest BCUT2D eigenvalue weighted by molar-refractivity contribution is -0.122. The van der Waals surface area contributed by atoms with Gasteiger partial charge in [0.2, 0.25) is 5.91 Å². The van der Waals surface area contributed by atoms with Crippen LogP contribution in [0.15, 0.2) is 84.6 Å². The average molecular weight is 496 g/mol. The number of rotatable bonds is 5. The van der Waals surface area contributed by atoms with Crippen molar-refractivity contribution < 1.29 is 23.6 Å². The van der Waals surface area contributed by atoms with Crippen LogP contribution in [-0.4, -0.2) is 28.3 Å². The molecular weight excluding hydrogens is 475 g/mol. The lowest BCUT2D eigenvalue weighted by Crippen LogP contribution is -2.54. The van der Waals surface area contributed by atoms with Gasteiger partial charge in [0.15, 0.2) is 0 Å². The van der Waals surface area contributed by atoms with Crippen molar-refractivity contribution in [3.05, 3.63) is 102 Å². The fourth-order valence-corrected chi connectivity index (χ4v) is 4.26. The van der Waals surface area contributed by atoms with Gasteiger partial charge in [0.1, 0.15) is 17.9 Å².